The molecule has 3 N–H and O–H groups in total. The molecule has 0 bridgehead atoms. The molecule has 0 saturated carbocycles. The van der Waals surface area contributed by atoms with Crippen LogP contribution in [0.5, 0.6) is 0 Å². The molecule has 5 nitrogen and oxygen atoms in total. The molecule has 15 heavy (non-hydrogen) atoms. The molecule has 0 aliphatic carbocycles. The highest BCUT2D eigenvalue weighted by Gasteiger charge is 2.15. The number of halogens is 1. The van der Waals surface area contributed by atoms with Crippen molar-refractivity contribution in [1.82, 2.24) is 0 Å². The number of nitrogens with zero attached hydrogens (tertiary/aromatic N) is 1. The van der Waals surface area contributed by atoms with Crippen LogP contribution in [0.4, 0.5) is 10.1 Å². The Morgan fingerprint density at radius 2 is 2.27 bits per heavy atom. The van der Waals surface area contributed by atoms with E-state index < -0.39 is 16.8 Å². The van der Waals surface area contributed by atoms with Gasteiger partial charge in [-0.2, -0.15) is 0 Å². The summed E-state index contributed by atoms with van der Waals surface area (Å²) in [6.07, 6.45) is 0.165. The molecule has 1 aromatic rings. The average Bonchev–Trinajstić information content (AvgIpc) is 2.18. The number of hydrogen-bond acceptors (Lipinski definition) is 4. The quantitative estimate of drug-likeness (QED) is 0.580. The molecule has 0 fully saturated rings. The number of nitro benzene ring substituents is 1. The number of hydrogen-bond donors (Lipinski definition) is 2. The van der Waals surface area contributed by atoms with Gasteiger partial charge in [0.1, 0.15) is 5.82 Å². The summed E-state index contributed by atoms with van der Waals surface area (Å²) in [5.74, 6) is -0.596. The summed E-state index contributed by atoms with van der Waals surface area (Å²) in [4.78, 5) is 9.82. The molecule has 0 aliphatic rings. The Morgan fingerprint density at radius 1 is 1.60 bits per heavy atom. The molecule has 1 atom stereocenters. The van der Waals surface area contributed by atoms with Gasteiger partial charge in [-0.1, -0.05) is 0 Å². The van der Waals surface area contributed by atoms with Crippen LogP contribution in [0.15, 0.2) is 18.2 Å². The van der Waals surface area contributed by atoms with Gasteiger partial charge in [-0.05, 0) is 12.5 Å². The first-order valence-electron chi connectivity index (χ1n) is 4.36. The molecule has 0 amide bonds. The SMILES string of the molecule is NC(CCO)c1cc([N+](=O)[O-])ccc1F. The minimum atomic E-state index is -0.727. The van der Waals surface area contributed by atoms with E-state index in [0.717, 1.165) is 18.2 Å². The van der Waals surface area contributed by atoms with E-state index in [-0.39, 0.29) is 24.3 Å². The lowest BCUT2D eigenvalue weighted by Gasteiger charge is -2.10. The van der Waals surface area contributed by atoms with Crippen molar-refractivity contribution >= 4 is 5.69 Å². The lowest BCUT2D eigenvalue weighted by molar-refractivity contribution is -0.385. The van der Waals surface area contributed by atoms with Crippen molar-refractivity contribution in [2.75, 3.05) is 6.61 Å². The van der Waals surface area contributed by atoms with Crippen LogP contribution in [-0.2, 0) is 0 Å². The predicted octanol–water partition coefficient (Wildman–Crippen LogP) is 1.12. The van der Waals surface area contributed by atoms with E-state index in [1.54, 1.807) is 0 Å². The molecular formula is C9H11FN2O3. The Balaban J connectivity index is 3.04. The van der Waals surface area contributed by atoms with E-state index in [1.165, 1.54) is 0 Å². The van der Waals surface area contributed by atoms with Crippen LogP contribution in [0.3, 0.4) is 0 Å². The van der Waals surface area contributed by atoms with E-state index in [2.05, 4.69) is 0 Å². The maximum atomic E-state index is 13.2. The third kappa shape index (κ3) is 2.71. The minimum Gasteiger partial charge on any atom is -0.396 e. The standard InChI is InChI=1S/C9H11FN2O3/c10-8-2-1-6(12(14)15)5-7(8)9(11)3-4-13/h1-2,5,9,13H,3-4,11H2. The summed E-state index contributed by atoms with van der Waals surface area (Å²) >= 11 is 0. The normalized spacial score (nSPS) is 12.5. The highest BCUT2D eigenvalue weighted by atomic mass is 19.1. The molecule has 0 aliphatic heterocycles. The van der Waals surface area contributed by atoms with Crippen LogP contribution < -0.4 is 5.73 Å². The van der Waals surface area contributed by atoms with E-state index in [9.17, 15) is 14.5 Å². The van der Waals surface area contributed by atoms with E-state index in [1.807, 2.05) is 0 Å². The average molecular weight is 214 g/mol. The molecule has 0 aromatic heterocycles. The first kappa shape index (κ1) is 11.5. The topological polar surface area (TPSA) is 89.4 Å². The summed E-state index contributed by atoms with van der Waals surface area (Å²) in [5.41, 5.74) is 5.40. The number of nitrogens with two attached hydrogens (primary N) is 1. The number of rotatable bonds is 4. The summed E-state index contributed by atoms with van der Waals surface area (Å²) in [6, 6.07) is 2.44. The largest absolute Gasteiger partial charge is 0.396 e. The molecule has 1 aromatic carbocycles. The molecule has 1 unspecified atom stereocenters. The lowest BCUT2D eigenvalue weighted by atomic mass is 10.0. The molecule has 0 spiro atoms. The second-order valence-corrected chi connectivity index (χ2v) is 3.08. The Hall–Kier alpha value is -1.53. The Kier molecular flexibility index (Phi) is 3.70. The van der Waals surface area contributed by atoms with Crippen LogP contribution >= 0.6 is 0 Å². The van der Waals surface area contributed by atoms with E-state index >= 15 is 0 Å². The number of non-ortho nitro benzene ring substituents is 1. The monoisotopic (exact) mass is 214 g/mol. The second kappa shape index (κ2) is 4.81. The first-order valence-corrected chi connectivity index (χ1v) is 4.36. The zero-order chi connectivity index (χ0) is 11.4. The van der Waals surface area contributed by atoms with Crippen molar-refractivity contribution in [2.24, 2.45) is 5.73 Å². The number of aliphatic hydroxyl groups excluding tert-OH is 1. The van der Waals surface area contributed by atoms with Gasteiger partial charge in [0.15, 0.2) is 0 Å². The lowest BCUT2D eigenvalue weighted by Crippen LogP contribution is -2.14. The maximum absolute atomic E-state index is 13.2. The molecule has 6 heteroatoms. The molecular weight excluding hydrogens is 203 g/mol. The summed E-state index contributed by atoms with van der Waals surface area (Å²) in [7, 11) is 0. The van der Waals surface area contributed by atoms with Gasteiger partial charge in [0.05, 0.1) is 4.92 Å². The van der Waals surface area contributed by atoms with Crippen molar-refractivity contribution in [3.8, 4) is 0 Å². The molecule has 0 saturated heterocycles. The van der Waals surface area contributed by atoms with Gasteiger partial charge in [-0.15, -0.1) is 0 Å². The van der Waals surface area contributed by atoms with Gasteiger partial charge in [0.25, 0.3) is 5.69 Å². The first-order chi connectivity index (χ1) is 7.06. The van der Waals surface area contributed by atoms with Gasteiger partial charge in [0, 0.05) is 30.3 Å². The molecule has 0 heterocycles. The van der Waals surface area contributed by atoms with E-state index in [0.29, 0.717) is 0 Å². The van der Waals surface area contributed by atoms with Gasteiger partial charge in [-0.25, -0.2) is 4.39 Å². The number of nitro groups is 1. The highest BCUT2D eigenvalue weighted by Crippen LogP contribution is 2.22. The summed E-state index contributed by atoms with van der Waals surface area (Å²) in [6.45, 7) is -0.191. The second-order valence-electron chi connectivity index (χ2n) is 3.08. The molecule has 82 valence electrons. The zero-order valence-corrected chi connectivity index (χ0v) is 7.89. The van der Waals surface area contributed by atoms with Crippen LogP contribution in [0.1, 0.15) is 18.0 Å². The Bertz CT molecular complexity index is 370. The van der Waals surface area contributed by atoms with E-state index in [4.69, 9.17) is 10.8 Å². The third-order valence-corrected chi connectivity index (χ3v) is 2.03. The number of benzene rings is 1. The third-order valence-electron chi connectivity index (χ3n) is 2.03. The fourth-order valence-corrected chi connectivity index (χ4v) is 1.22. The predicted molar refractivity (Wildman–Crippen MR) is 51.7 cm³/mol. The Morgan fingerprint density at radius 3 is 2.80 bits per heavy atom. The molecule has 0 radical (unpaired) electrons. The smallest absolute Gasteiger partial charge is 0.269 e. The van der Waals surface area contributed by atoms with Gasteiger partial charge >= 0.3 is 0 Å². The van der Waals surface area contributed by atoms with Gasteiger partial charge in [0.2, 0.25) is 0 Å². The van der Waals surface area contributed by atoms with Crippen LogP contribution in [0.25, 0.3) is 0 Å². The van der Waals surface area contributed by atoms with Crippen molar-refractivity contribution in [3.63, 3.8) is 0 Å². The minimum absolute atomic E-state index is 0.0539. The van der Waals surface area contributed by atoms with Gasteiger partial charge in [-0.3, -0.25) is 10.1 Å². The fraction of sp³-hybridized carbons (Fsp3) is 0.333. The van der Waals surface area contributed by atoms with Gasteiger partial charge < -0.3 is 10.8 Å². The van der Waals surface area contributed by atoms with Crippen molar-refractivity contribution in [2.45, 2.75) is 12.5 Å². The van der Waals surface area contributed by atoms with Crippen molar-refractivity contribution in [3.05, 3.63) is 39.7 Å². The van der Waals surface area contributed by atoms with Crippen molar-refractivity contribution in [1.29, 1.82) is 0 Å². The zero-order valence-electron chi connectivity index (χ0n) is 7.89. The van der Waals surface area contributed by atoms with Crippen LogP contribution in [-0.4, -0.2) is 16.6 Å². The maximum Gasteiger partial charge on any atom is 0.269 e. The summed E-state index contributed by atoms with van der Waals surface area (Å²) < 4.78 is 13.2. The highest BCUT2D eigenvalue weighted by molar-refractivity contribution is 5.36. The molecule has 1 rings (SSSR count). The fourth-order valence-electron chi connectivity index (χ4n) is 1.22. The summed E-state index contributed by atoms with van der Waals surface area (Å²) in [5, 5.41) is 19.1. The van der Waals surface area contributed by atoms with Crippen molar-refractivity contribution < 1.29 is 14.4 Å². The van der Waals surface area contributed by atoms with Crippen LogP contribution in [0.2, 0.25) is 0 Å². The van der Waals surface area contributed by atoms with Crippen LogP contribution in [0, 0.1) is 15.9 Å². The Labute approximate surface area is 85.5 Å². The number of aliphatic hydroxyl groups is 1.